The van der Waals surface area contributed by atoms with Crippen LogP contribution in [0, 0.1) is 0 Å². The lowest BCUT2D eigenvalue weighted by molar-refractivity contribution is -0.122. The first-order valence-corrected chi connectivity index (χ1v) is 7.25. The molecule has 98 valence electrons. The first-order valence-electron chi connectivity index (χ1n) is 5.64. The zero-order valence-electron chi connectivity index (χ0n) is 9.72. The first kappa shape index (κ1) is 12.4. The van der Waals surface area contributed by atoms with Crippen molar-refractivity contribution in [2.75, 3.05) is 17.2 Å². The van der Waals surface area contributed by atoms with Crippen molar-refractivity contribution in [1.82, 2.24) is 4.98 Å². The summed E-state index contributed by atoms with van der Waals surface area (Å²) in [5.41, 5.74) is 0.906. The Morgan fingerprint density at radius 2 is 2.37 bits per heavy atom. The molecule has 0 radical (unpaired) electrons. The number of anilines is 2. The fourth-order valence-corrected chi connectivity index (χ4v) is 2.87. The number of amides is 1. The van der Waals surface area contributed by atoms with Gasteiger partial charge < -0.3 is 10.1 Å². The Hall–Kier alpha value is -1.60. The van der Waals surface area contributed by atoms with E-state index < -0.39 is 6.10 Å². The van der Waals surface area contributed by atoms with Gasteiger partial charge in [-0.1, -0.05) is 23.5 Å². The van der Waals surface area contributed by atoms with Crippen LogP contribution in [0.2, 0.25) is 0 Å². The summed E-state index contributed by atoms with van der Waals surface area (Å²) >= 11 is 4.66. The molecule has 1 aromatic heterocycles. The van der Waals surface area contributed by atoms with Gasteiger partial charge in [0.25, 0.3) is 5.91 Å². The SMILES string of the molecule is O=C(Nc1ncc(Br)s1)C1CNc2ccccc2O1. The number of benzene rings is 1. The van der Waals surface area contributed by atoms with Crippen molar-refractivity contribution in [1.29, 1.82) is 0 Å². The Kier molecular flexibility index (Phi) is 3.39. The van der Waals surface area contributed by atoms with Gasteiger partial charge in [-0.25, -0.2) is 4.98 Å². The zero-order valence-corrected chi connectivity index (χ0v) is 12.1. The van der Waals surface area contributed by atoms with Crippen molar-refractivity contribution in [3.05, 3.63) is 34.2 Å². The van der Waals surface area contributed by atoms with E-state index in [4.69, 9.17) is 4.74 Å². The van der Waals surface area contributed by atoms with Crippen LogP contribution in [0.4, 0.5) is 10.8 Å². The molecule has 1 amide bonds. The number of para-hydroxylation sites is 2. The van der Waals surface area contributed by atoms with Crippen LogP contribution in [0.15, 0.2) is 34.2 Å². The lowest BCUT2D eigenvalue weighted by Gasteiger charge is -2.26. The van der Waals surface area contributed by atoms with Crippen molar-refractivity contribution in [2.24, 2.45) is 0 Å². The van der Waals surface area contributed by atoms with Gasteiger partial charge in [0.15, 0.2) is 11.2 Å². The number of hydrogen-bond acceptors (Lipinski definition) is 5. The van der Waals surface area contributed by atoms with E-state index >= 15 is 0 Å². The third-order valence-corrected chi connectivity index (χ3v) is 4.03. The van der Waals surface area contributed by atoms with Gasteiger partial charge in [0.05, 0.1) is 22.2 Å². The molecule has 0 aliphatic carbocycles. The van der Waals surface area contributed by atoms with E-state index in [1.54, 1.807) is 6.20 Å². The largest absolute Gasteiger partial charge is 0.477 e. The molecule has 1 aromatic carbocycles. The van der Waals surface area contributed by atoms with E-state index in [1.807, 2.05) is 24.3 Å². The molecular weight excluding hydrogens is 330 g/mol. The number of ether oxygens (including phenoxy) is 1. The summed E-state index contributed by atoms with van der Waals surface area (Å²) < 4.78 is 6.53. The summed E-state index contributed by atoms with van der Waals surface area (Å²) in [6, 6.07) is 7.55. The topological polar surface area (TPSA) is 63.2 Å². The number of halogens is 1. The third kappa shape index (κ3) is 2.71. The van der Waals surface area contributed by atoms with Crippen molar-refractivity contribution in [3.8, 4) is 5.75 Å². The van der Waals surface area contributed by atoms with E-state index in [1.165, 1.54) is 11.3 Å². The minimum absolute atomic E-state index is 0.205. The Morgan fingerprint density at radius 1 is 1.53 bits per heavy atom. The van der Waals surface area contributed by atoms with Gasteiger partial charge in [0, 0.05) is 0 Å². The third-order valence-electron chi connectivity index (χ3n) is 2.63. The second-order valence-electron chi connectivity index (χ2n) is 3.94. The average Bonchev–Trinajstić information content (AvgIpc) is 2.83. The molecule has 7 heteroatoms. The summed E-state index contributed by atoms with van der Waals surface area (Å²) in [5.74, 6) is 0.484. The number of nitrogens with one attached hydrogen (secondary N) is 2. The van der Waals surface area contributed by atoms with Crippen LogP contribution in [0.3, 0.4) is 0 Å². The van der Waals surface area contributed by atoms with Crippen LogP contribution >= 0.6 is 27.3 Å². The summed E-state index contributed by atoms with van der Waals surface area (Å²) in [6.45, 7) is 0.440. The number of aromatic nitrogens is 1. The zero-order chi connectivity index (χ0) is 13.2. The molecule has 5 nitrogen and oxygen atoms in total. The molecule has 2 N–H and O–H groups in total. The quantitative estimate of drug-likeness (QED) is 0.882. The predicted octanol–water partition coefficient (Wildman–Crippen LogP) is 2.72. The highest BCUT2D eigenvalue weighted by molar-refractivity contribution is 9.11. The van der Waals surface area contributed by atoms with E-state index in [0.717, 1.165) is 9.47 Å². The predicted molar refractivity (Wildman–Crippen MR) is 77.8 cm³/mol. The fourth-order valence-electron chi connectivity index (χ4n) is 1.76. The van der Waals surface area contributed by atoms with Crippen LogP contribution in [0.1, 0.15) is 0 Å². The average molecular weight is 340 g/mol. The van der Waals surface area contributed by atoms with Gasteiger partial charge in [-0.2, -0.15) is 0 Å². The molecule has 2 heterocycles. The highest BCUT2D eigenvalue weighted by atomic mass is 79.9. The molecule has 3 rings (SSSR count). The normalized spacial score (nSPS) is 17.0. The summed E-state index contributed by atoms with van der Waals surface area (Å²) in [6.07, 6.45) is 1.09. The highest BCUT2D eigenvalue weighted by Crippen LogP contribution is 2.29. The molecule has 1 aliphatic rings. The number of hydrogen-bond donors (Lipinski definition) is 2. The lowest BCUT2D eigenvalue weighted by Crippen LogP contribution is -2.41. The van der Waals surface area contributed by atoms with Crippen molar-refractivity contribution >= 4 is 44.0 Å². The van der Waals surface area contributed by atoms with Crippen LogP contribution in [0.5, 0.6) is 5.75 Å². The number of thiazole rings is 1. The van der Waals surface area contributed by atoms with Gasteiger partial charge in [-0.15, -0.1) is 0 Å². The van der Waals surface area contributed by atoms with Crippen LogP contribution < -0.4 is 15.4 Å². The molecule has 2 aromatic rings. The molecule has 0 fully saturated rings. The second-order valence-corrected chi connectivity index (χ2v) is 6.35. The van der Waals surface area contributed by atoms with E-state index in [9.17, 15) is 4.79 Å². The standard InChI is InChI=1S/C12H10BrN3O2S/c13-10-6-15-12(19-10)16-11(17)9-5-14-7-3-1-2-4-8(7)18-9/h1-4,6,9,14H,5H2,(H,15,16,17). The Bertz CT molecular complexity index is 617. The minimum atomic E-state index is -0.558. The Labute approximate surface area is 122 Å². The van der Waals surface area contributed by atoms with E-state index in [0.29, 0.717) is 17.4 Å². The Balaban J connectivity index is 1.69. The molecule has 1 atom stereocenters. The van der Waals surface area contributed by atoms with E-state index in [-0.39, 0.29) is 5.91 Å². The number of carbonyl (C=O) groups excluding carboxylic acids is 1. The molecule has 19 heavy (non-hydrogen) atoms. The van der Waals surface area contributed by atoms with E-state index in [2.05, 4.69) is 31.5 Å². The number of nitrogens with zero attached hydrogens (tertiary/aromatic N) is 1. The van der Waals surface area contributed by atoms with Crippen LogP contribution in [-0.4, -0.2) is 23.5 Å². The monoisotopic (exact) mass is 339 g/mol. The van der Waals surface area contributed by atoms with Crippen molar-refractivity contribution < 1.29 is 9.53 Å². The number of carbonyl (C=O) groups is 1. The molecule has 1 aliphatic heterocycles. The summed E-state index contributed by atoms with van der Waals surface area (Å²) in [5, 5.41) is 6.46. The molecule has 0 bridgehead atoms. The minimum Gasteiger partial charge on any atom is -0.477 e. The van der Waals surface area contributed by atoms with Crippen molar-refractivity contribution in [2.45, 2.75) is 6.10 Å². The molecular formula is C12H10BrN3O2S. The molecule has 1 unspecified atom stereocenters. The van der Waals surface area contributed by atoms with Crippen LogP contribution in [0.25, 0.3) is 0 Å². The maximum Gasteiger partial charge on any atom is 0.269 e. The van der Waals surface area contributed by atoms with Gasteiger partial charge >= 0.3 is 0 Å². The smallest absolute Gasteiger partial charge is 0.269 e. The summed E-state index contributed by atoms with van der Waals surface area (Å²) in [4.78, 5) is 16.1. The summed E-state index contributed by atoms with van der Waals surface area (Å²) in [7, 11) is 0. The van der Waals surface area contributed by atoms with Gasteiger partial charge in [0.2, 0.25) is 0 Å². The number of rotatable bonds is 2. The number of fused-ring (bicyclic) bond motifs is 1. The van der Waals surface area contributed by atoms with Crippen molar-refractivity contribution in [3.63, 3.8) is 0 Å². The lowest BCUT2D eigenvalue weighted by atomic mass is 10.2. The van der Waals surface area contributed by atoms with Gasteiger partial charge in [-0.3, -0.25) is 10.1 Å². The van der Waals surface area contributed by atoms with Gasteiger partial charge in [0.1, 0.15) is 5.75 Å². The maximum absolute atomic E-state index is 12.1. The first-order chi connectivity index (χ1) is 9.22. The molecule has 0 saturated heterocycles. The molecule has 0 saturated carbocycles. The molecule has 0 spiro atoms. The second kappa shape index (κ2) is 5.18. The maximum atomic E-state index is 12.1. The van der Waals surface area contributed by atoms with Crippen LogP contribution in [-0.2, 0) is 4.79 Å². The fraction of sp³-hybridized carbons (Fsp3) is 0.167. The van der Waals surface area contributed by atoms with Gasteiger partial charge in [-0.05, 0) is 28.1 Å². The highest BCUT2D eigenvalue weighted by Gasteiger charge is 2.26. The Morgan fingerprint density at radius 3 is 3.16 bits per heavy atom.